The lowest BCUT2D eigenvalue weighted by molar-refractivity contribution is -0.136. The number of carbonyl (C=O) groups is 1. The smallest absolute Gasteiger partial charge is 0.248 e. The van der Waals surface area contributed by atoms with Gasteiger partial charge in [0.1, 0.15) is 5.41 Å². The summed E-state index contributed by atoms with van der Waals surface area (Å²) in [5, 5.41) is 18.4. The molecular formula is C19H18N6O2. The highest BCUT2D eigenvalue weighted by Crippen LogP contribution is 2.44. The van der Waals surface area contributed by atoms with Crippen LogP contribution in [0.2, 0.25) is 0 Å². The van der Waals surface area contributed by atoms with Crippen LogP contribution in [0, 0.1) is 22.7 Å². The molecule has 2 aliphatic rings. The van der Waals surface area contributed by atoms with Crippen LogP contribution < -0.4 is 4.90 Å². The van der Waals surface area contributed by atoms with E-state index in [1.165, 1.54) is 0 Å². The maximum absolute atomic E-state index is 13.2. The third-order valence-corrected chi connectivity index (χ3v) is 5.71. The van der Waals surface area contributed by atoms with E-state index in [1.54, 1.807) is 26.5 Å². The van der Waals surface area contributed by atoms with E-state index in [9.17, 15) is 10.1 Å². The molecule has 1 amide bonds. The maximum atomic E-state index is 13.2. The van der Waals surface area contributed by atoms with E-state index < -0.39 is 5.41 Å². The number of ether oxygens (including phenoxy) is 1. The van der Waals surface area contributed by atoms with Gasteiger partial charge in [0, 0.05) is 49.2 Å². The van der Waals surface area contributed by atoms with Crippen molar-refractivity contribution in [3.05, 3.63) is 36.9 Å². The molecule has 27 heavy (non-hydrogen) atoms. The standard InChI is InChI=1S/C19H18N6O2/c1-23-8-14(7-22-23)13-6-17-16(2-4-21-25(17)9-13)24-5-3-19(12-20,18(24)26)15-10-27-11-15/h2,4,6-9,15H,3,5,10-11H2,1H3/t19-/m1/s1. The van der Waals surface area contributed by atoms with Gasteiger partial charge in [-0.3, -0.25) is 9.48 Å². The number of nitrogens with zero attached hydrogens (tertiary/aromatic N) is 6. The van der Waals surface area contributed by atoms with Gasteiger partial charge in [-0.05, 0) is 18.6 Å². The van der Waals surface area contributed by atoms with Gasteiger partial charge in [0.05, 0.1) is 36.7 Å². The summed E-state index contributed by atoms with van der Waals surface area (Å²) in [6.07, 6.45) is 7.87. The van der Waals surface area contributed by atoms with Gasteiger partial charge in [0.25, 0.3) is 0 Å². The van der Waals surface area contributed by atoms with Crippen LogP contribution >= 0.6 is 0 Å². The molecule has 0 unspecified atom stereocenters. The van der Waals surface area contributed by atoms with E-state index in [4.69, 9.17) is 4.74 Å². The zero-order valence-corrected chi connectivity index (χ0v) is 14.9. The summed E-state index contributed by atoms with van der Waals surface area (Å²) in [7, 11) is 1.87. The average Bonchev–Trinajstić information content (AvgIpc) is 3.31. The van der Waals surface area contributed by atoms with Gasteiger partial charge in [-0.15, -0.1) is 0 Å². The first-order valence-electron chi connectivity index (χ1n) is 8.90. The molecule has 5 heterocycles. The molecule has 0 spiro atoms. The van der Waals surface area contributed by atoms with Crippen LogP contribution in [-0.4, -0.2) is 45.1 Å². The molecular weight excluding hydrogens is 344 g/mol. The Morgan fingerprint density at radius 2 is 2.15 bits per heavy atom. The molecule has 0 aliphatic carbocycles. The molecule has 0 saturated carbocycles. The minimum atomic E-state index is -0.975. The second kappa shape index (κ2) is 5.66. The topological polar surface area (TPSA) is 88.5 Å². The summed E-state index contributed by atoms with van der Waals surface area (Å²) in [4.78, 5) is 14.9. The van der Waals surface area contributed by atoms with Crippen LogP contribution in [0.3, 0.4) is 0 Å². The van der Waals surface area contributed by atoms with Crippen LogP contribution in [0.15, 0.2) is 36.9 Å². The third kappa shape index (κ3) is 2.22. The average molecular weight is 362 g/mol. The van der Waals surface area contributed by atoms with E-state index in [2.05, 4.69) is 16.3 Å². The molecule has 0 radical (unpaired) electrons. The number of anilines is 1. The molecule has 5 rings (SSSR count). The quantitative estimate of drug-likeness (QED) is 0.706. The van der Waals surface area contributed by atoms with Crippen LogP contribution in [0.5, 0.6) is 0 Å². The van der Waals surface area contributed by atoms with Gasteiger partial charge in [-0.1, -0.05) is 0 Å². The van der Waals surface area contributed by atoms with Crippen molar-refractivity contribution < 1.29 is 9.53 Å². The van der Waals surface area contributed by atoms with E-state index in [1.807, 2.05) is 31.6 Å². The van der Waals surface area contributed by atoms with Crippen molar-refractivity contribution >= 4 is 17.1 Å². The lowest BCUT2D eigenvalue weighted by atomic mass is 9.74. The van der Waals surface area contributed by atoms with E-state index >= 15 is 0 Å². The first-order valence-corrected chi connectivity index (χ1v) is 8.90. The van der Waals surface area contributed by atoms with Crippen LogP contribution in [0.1, 0.15) is 6.42 Å². The molecule has 8 nitrogen and oxygen atoms in total. The van der Waals surface area contributed by atoms with Crippen molar-refractivity contribution in [3.63, 3.8) is 0 Å². The molecule has 8 heteroatoms. The first-order chi connectivity index (χ1) is 13.1. The van der Waals surface area contributed by atoms with Gasteiger partial charge < -0.3 is 9.64 Å². The fourth-order valence-corrected chi connectivity index (χ4v) is 4.02. The van der Waals surface area contributed by atoms with Crippen molar-refractivity contribution in [1.29, 1.82) is 5.26 Å². The van der Waals surface area contributed by atoms with Crippen molar-refractivity contribution in [1.82, 2.24) is 19.4 Å². The van der Waals surface area contributed by atoms with Crippen molar-refractivity contribution in [2.75, 3.05) is 24.7 Å². The number of hydrogen-bond acceptors (Lipinski definition) is 5. The Morgan fingerprint density at radius 3 is 2.81 bits per heavy atom. The fourth-order valence-electron chi connectivity index (χ4n) is 4.02. The van der Waals surface area contributed by atoms with Crippen LogP contribution in [0.4, 0.5) is 5.69 Å². The number of hydrogen-bond donors (Lipinski definition) is 0. The van der Waals surface area contributed by atoms with Crippen molar-refractivity contribution in [2.24, 2.45) is 18.4 Å². The molecule has 0 N–H and O–H groups in total. The SMILES string of the molecule is Cn1cc(-c2cc3c(N4CC[C@@](C#N)(C5COC5)C4=O)ccnn3c2)cn1. The van der Waals surface area contributed by atoms with Gasteiger partial charge in [0.2, 0.25) is 5.91 Å². The molecule has 2 saturated heterocycles. The summed E-state index contributed by atoms with van der Waals surface area (Å²) < 4.78 is 8.76. The summed E-state index contributed by atoms with van der Waals surface area (Å²) in [5.41, 5.74) is 2.61. The molecule has 2 aliphatic heterocycles. The molecule has 0 bridgehead atoms. The van der Waals surface area contributed by atoms with E-state index in [0.717, 1.165) is 22.3 Å². The summed E-state index contributed by atoms with van der Waals surface area (Å²) >= 11 is 0. The number of fused-ring (bicyclic) bond motifs is 1. The number of amides is 1. The monoisotopic (exact) mass is 362 g/mol. The Bertz CT molecular complexity index is 1090. The van der Waals surface area contributed by atoms with Gasteiger partial charge in [-0.25, -0.2) is 4.52 Å². The molecule has 1 atom stereocenters. The molecule has 136 valence electrons. The van der Waals surface area contributed by atoms with Crippen LogP contribution in [-0.2, 0) is 16.6 Å². The van der Waals surface area contributed by atoms with Gasteiger partial charge >= 0.3 is 0 Å². The Labute approximate surface area is 155 Å². The number of rotatable bonds is 3. The highest BCUT2D eigenvalue weighted by molar-refractivity contribution is 6.05. The van der Waals surface area contributed by atoms with Gasteiger partial charge in [0.15, 0.2) is 0 Å². The third-order valence-electron chi connectivity index (χ3n) is 5.71. The summed E-state index contributed by atoms with van der Waals surface area (Å²) in [5.74, 6) is -0.147. The normalized spacial score (nSPS) is 23.0. The zero-order valence-electron chi connectivity index (χ0n) is 14.9. The zero-order chi connectivity index (χ0) is 18.6. The molecule has 0 aromatic carbocycles. The highest BCUT2D eigenvalue weighted by atomic mass is 16.5. The fraction of sp³-hybridized carbons (Fsp3) is 0.368. The largest absolute Gasteiger partial charge is 0.381 e. The van der Waals surface area contributed by atoms with Crippen LogP contribution in [0.25, 0.3) is 16.6 Å². The number of aromatic nitrogens is 4. The maximum Gasteiger partial charge on any atom is 0.248 e. The second-order valence-corrected chi connectivity index (χ2v) is 7.20. The van der Waals surface area contributed by atoms with Crippen molar-refractivity contribution in [2.45, 2.75) is 6.42 Å². The predicted molar refractivity (Wildman–Crippen MR) is 96.7 cm³/mol. The number of aryl methyl sites for hydroxylation is 1. The molecule has 3 aromatic rings. The highest BCUT2D eigenvalue weighted by Gasteiger charge is 2.55. The van der Waals surface area contributed by atoms with Crippen molar-refractivity contribution in [3.8, 4) is 17.2 Å². The predicted octanol–water partition coefficient (Wildman–Crippen LogP) is 1.63. The Morgan fingerprint density at radius 1 is 1.30 bits per heavy atom. The minimum Gasteiger partial charge on any atom is -0.381 e. The Kier molecular flexibility index (Phi) is 3.36. The van der Waals surface area contributed by atoms with E-state index in [-0.39, 0.29) is 11.8 Å². The summed E-state index contributed by atoms with van der Waals surface area (Å²) in [6, 6.07) is 6.15. The first kappa shape index (κ1) is 16.0. The Hall–Kier alpha value is -3.18. The van der Waals surface area contributed by atoms with E-state index in [0.29, 0.717) is 26.2 Å². The minimum absolute atomic E-state index is 0.0180. The summed E-state index contributed by atoms with van der Waals surface area (Å²) in [6.45, 7) is 1.49. The Balaban J connectivity index is 1.56. The van der Waals surface area contributed by atoms with Gasteiger partial charge in [-0.2, -0.15) is 15.5 Å². The molecule has 3 aromatic heterocycles. The number of nitriles is 1. The lowest BCUT2D eigenvalue weighted by Crippen LogP contribution is -2.47. The molecule has 2 fully saturated rings. The number of carbonyl (C=O) groups excluding carboxylic acids is 1. The second-order valence-electron chi connectivity index (χ2n) is 7.20. The lowest BCUT2D eigenvalue weighted by Gasteiger charge is -2.36.